The third kappa shape index (κ3) is 6.80. The molecule has 4 heteroatoms. The van der Waals surface area contributed by atoms with Crippen molar-refractivity contribution in [1.29, 1.82) is 0 Å². The van der Waals surface area contributed by atoms with Crippen LogP contribution in [0.3, 0.4) is 0 Å². The molecule has 0 saturated heterocycles. The molecule has 0 aliphatic rings. The highest BCUT2D eigenvalue weighted by atomic mass is 16.2. The van der Waals surface area contributed by atoms with Gasteiger partial charge in [0.1, 0.15) is 0 Å². The molecule has 0 aromatic rings. The van der Waals surface area contributed by atoms with E-state index < -0.39 is 0 Å². The van der Waals surface area contributed by atoms with E-state index in [2.05, 4.69) is 22.5 Å². The van der Waals surface area contributed by atoms with Gasteiger partial charge in [-0.1, -0.05) is 19.8 Å². The zero-order chi connectivity index (χ0) is 12.4. The minimum absolute atomic E-state index is 0.0463. The predicted molar refractivity (Wildman–Crippen MR) is 68.6 cm³/mol. The van der Waals surface area contributed by atoms with E-state index in [1.807, 2.05) is 21.0 Å². The molecule has 0 fully saturated rings. The summed E-state index contributed by atoms with van der Waals surface area (Å²) < 4.78 is 0. The van der Waals surface area contributed by atoms with Gasteiger partial charge in [-0.2, -0.15) is 0 Å². The molecule has 0 aromatic carbocycles. The van der Waals surface area contributed by atoms with E-state index >= 15 is 0 Å². The Balaban J connectivity index is 3.70. The SMILES string of the molecule is CCCCCNC(=O)C(C)N(C)CCNC. The van der Waals surface area contributed by atoms with E-state index in [0.717, 1.165) is 26.1 Å². The number of carbonyl (C=O) groups excluding carboxylic acids is 1. The van der Waals surface area contributed by atoms with Crippen LogP contribution in [0.1, 0.15) is 33.1 Å². The van der Waals surface area contributed by atoms with E-state index in [-0.39, 0.29) is 11.9 Å². The van der Waals surface area contributed by atoms with Crippen molar-refractivity contribution in [3.8, 4) is 0 Å². The smallest absolute Gasteiger partial charge is 0.237 e. The van der Waals surface area contributed by atoms with Gasteiger partial charge in [-0.3, -0.25) is 9.69 Å². The zero-order valence-corrected chi connectivity index (χ0v) is 11.2. The molecule has 0 spiro atoms. The third-order valence-corrected chi connectivity index (χ3v) is 2.83. The van der Waals surface area contributed by atoms with Crippen molar-refractivity contribution in [2.75, 3.05) is 33.7 Å². The molecule has 0 aliphatic heterocycles. The molecule has 0 aromatic heterocycles. The quantitative estimate of drug-likeness (QED) is 0.576. The minimum Gasteiger partial charge on any atom is -0.355 e. The summed E-state index contributed by atoms with van der Waals surface area (Å²) >= 11 is 0. The van der Waals surface area contributed by atoms with E-state index in [9.17, 15) is 4.79 Å². The van der Waals surface area contributed by atoms with Crippen LogP contribution >= 0.6 is 0 Å². The van der Waals surface area contributed by atoms with E-state index in [0.29, 0.717) is 0 Å². The Morgan fingerprint density at radius 2 is 2.00 bits per heavy atom. The molecule has 16 heavy (non-hydrogen) atoms. The second-order valence-corrected chi connectivity index (χ2v) is 4.26. The second kappa shape index (κ2) is 9.60. The van der Waals surface area contributed by atoms with Gasteiger partial charge in [0.25, 0.3) is 0 Å². The number of hydrogen-bond acceptors (Lipinski definition) is 3. The lowest BCUT2D eigenvalue weighted by atomic mass is 10.2. The van der Waals surface area contributed by atoms with Gasteiger partial charge in [0.2, 0.25) is 5.91 Å². The van der Waals surface area contributed by atoms with Crippen LogP contribution in [-0.2, 0) is 4.79 Å². The number of nitrogens with one attached hydrogen (secondary N) is 2. The van der Waals surface area contributed by atoms with Crippen molar-refractivity contribution < 1.29 is 4.79 Å². The first kappa shape index (κ1) is 15.4. The highest BCUT2D eigenvalue weighted by molar-refractivity contribution is 5.81. The van der Waals surface area contributed by atoms with Gasteiger partial charge >= 0.3 is 0 Å². The fraction of sp³-hybridized carbons (Fsp3) is 0.917. The van der Waals surface area contributed by atoms with Crippen LogP contribution < -0.4 is 10.6 Å². The maximum absolute atomic E-state index is 11.7. The lowest BCUT2D eigenvalue weighted by Gasteiger charge is -2.23. The van der Waals surface area contributed by atoms with Crippen LogP contribution in [0.5, 0.6) is 0 Å². The fourth-order valence-corrected chi connectivity index (χ4v) is 1.42. The molecule has 2 N–H and O–H groups in total. The van der Waals surface area contributed by atoms with Crippen LogP contribution in [0.15, 0.2) is 0 Å². The molecule has 1 atom stereocenters. The molecular weight excluding hydrogens is 202 g/mol. The van der Waals surface area contributed by atoms with Gasteiger partial charge in [0, 0.05) is 19.6 Å². The van der Waals surface area contributed by atoms with Gasteiger partial charge in [-0.25, -0.2) is 0 Å². The van der Waals surface area contributed by atoms with Gasteiger partial charge in [-0.05, 0) is 27.4 Å². The standard InChI is InChI=1S/C12H27N3O/c1-5-6-7-8-14-12(16)11(2)15(4)10-9-13-3/h11,13H,5-10H2,1-4H3,(H,14,16). The number of unbranched alkanes of at least 4 members (excludes halogenated alkanes) is 2. The van der Waals surface area contributed by atoms with Gasteiger partial charge in [0.05, 0.1) is 6.04 Å². The minimum atomic E-state index is -0.0463. The summed E-state index contributed by atoms with van der Waals surface area (Å²) in [6.07, 6.45) is 3.45. The number of nitrogens with zero attached hydrogens (tertiary/aromatic N) is 1. The monoisotopic (exact) mass is 229 g/mol. The molecule has 0 aliphatic carbocycles. The van der Waals surface area contributed by atoms with Crippen molar-refractivity contribution >= 4 is 5.91 Å². The Bertz CT molecular complexity index is 185. The average Bonchev–Trinajstić information content (AvgIpc) is 2.30. The number of hydrogen-bond donors (Lipinski definition) is 2. The van der Waals surface area contributed by atoms with Gasteiger partial charge in [0.15, 0.2) is 0 Å². The Morgan fingerprint density at radius 1 is 1.31 bits per heavy atom. The van der Waals surface area contributed by atoms with Crippen molar-refractivity contribution in [2.45, 2.75) is 39.2 Å². The van der Waals surface area contributed by atoms with Crippen LogP contribution in [-0.4, -0.2) is 50.6 Å². The summed E-state index contributed by atoms with van der Waals surface area (Å²) in [7, 11) is 3.90. The van der Waals surface area contributed by atoms with Crippen molar-refractivity contribution in [3.63, 3.8) is 0 Å². The number of carbonyl (C=O) groups is 1. The largest absolute Gasteiger partial charge is 0.355 e. The third-order valence-electron chi connectivity index (χ3n) is 2.83. The molecular formula is C12H27N3O. The van der Waals surface area contributed by atoms with Crippen LogP contribution in [0.4, 0.5) is 0 Å². The lowest BCUT2D eigenvalue weighted by Crippen LogP contribution is -2.45. The van der Waals surface area contributed by atoms with Crippen LogP contribution in [0.25, 0.3) is 0 Å². The van der Waals surface area contributed by atoms with Crippen molar-refractivity contribution in [3.05, 3.63) is 0 Å². The van der Waals surface area contributed by atoms with Crippen LogP contribution in [0, 0.1) is 0 Å². The summed E-state index contributed by atoms with van der Waals surface area (Å²) in [4.78, 5) is 13.8. The molecule has 4 nitrogen and oxygen atoms in total. The molecule has 0 rings (SSSR count). The normalized spacial score (nSPS) is 12.8. The van der Waals surface area contributed by atoms with E-state index in [4.69, 9.17) is 0 Å². The first-order chi connectivity index (χ1) is 7.63. The molecule has 0 saturated carbocycles. The Kier molecular flexibility index (Phi) is 9.24. The van der Waals surface area contributed by atoms with Crippen molar-refractivity contribution in [2.24, 2.45) is 0 Å². The number of amides is 1. The highest BCUT2D eigenvalue weighted by Crippen LogP contribution is 1.96. The maximum atomic E-state index is 11.7. The Hall–Kier alpha value is -0.610. The summed E-state index contributed by atoms with van der Waals surface area (Å²) in [5, 5.41) is 6.05. The molecule has 0 radical (unpaired) electrons. The first-order valence-electron chi connectivity index (χ1n) is 6.26. The lowest BCUT2D eigenvalue weighted by molar-refractivity contribution is -0.125. The molecule has 1 unspecified atom stereocenters. The summed E-state index contributed by atoms with van der Waals surface area (Å²) in [5.41, 5.74) is 0. The average molecular weight is 229 g/mol. The Morgan fingerprint density at radius 3 is 2.56 bits per heavy atom. The first-order valence-corrected chi connectivity index (χ1v) is 6.26. The maximum Gasteiger partial charge on any atom is 0.237 e. The molecule has 0 heterocycles. The van der Waals surface area contributed by atoms with Gasteiger partial charge < -0.3 is 10.6 Å². The van der Waals surface area contributed by atoms with Crippen molar-refractivity contribution in [1.82, 2.24) is 15.5 Å². The van der Waals surface area contributed by atoms with Crippen LogP contribution in [0.2, 0.25) is 0 Å². The van der Waals surface area contributed by atoms with E-state index in [1.54, 1.807) is 0 Å². The van der Waals surface area contributed by atoms with E-state index in [1.165, 1.54) is 12.8 Å². The molecule has 96 valence electrons. The molecule has 0 bridgehead atoms. The summed E-state index contributed by atoms with van der Waals surface area (Å²) in [5.74, 6) is 0.134. The predicted octanol–water partition coefficient (Wildman–Crippen LogP) is 0.833. The fourth-order valence-electron chi connectivity index (χ4n) is 1.42. The summed E-state index contributed by atoms with van der Waals surface area (Å²) in [6.45, 7) is 6.71. The number of rotatable bonds is 9. The summed E-state index contributed by atoms with van der Waals surface area (Å²) in [6, 6.07) is -0.0463. The Labute approximate surface area is 99.8 Å². The topological polar surface area (TPSA) is 44.4 Å². The number of likely N-dealkylation sites (N-methyl/N-ethyl adjacent to an activating group) is 2. The van der Waals surface area contributed by atoms with Gasteiger partial charge in [-0.15, -0.1) is 0 Å². The molecule has 1 amide bonds. The second-order valence-electron chi connectivity index (χ2n) is 4.26. The zero-order valence-electron chi connectivity index (χ0n) is 11.2. The highest BCUT2D eigenvalue weighted by Gasteiger charge is 2.16.